The van der Waals surface area contributed by atoms with Gasteiger partial charge in [-0.05, 0) is 43.4 Å². The van der Waals surface area contributed by atoms with E-state index in [9.17, 15) is 4.39 Å². The Hall–Kier alpha value is -1.68. The zero-order chi connectivity index (χ0) is 20.2. The van der Waals surface area contributed by atoms with Gasteiger partial charge in [0, 0.05) is 17.1 Å². The van der Waals surface area contributed by atoms with Gasteiger partial charge in [0.2, 0.25) is 0 Å². The third-order valence-corrected chi connectivity index (χ3v) is 7.72. The maximum Gasteiger partial charge on any atom is 0.198 e. The summed E-state index contributed by atoms with van der Waals surface area (Å²) >= 11 is 4.86. The quantitative estimate of drug-likeness (QED) is 0.311. The molecule has 1 aliphatic rings. The van der Waals surface area contributed by atoms with Crippen LogP contribution in [0.4, 0.5) is 4.39 Å². The highest BCUT2D eigenvalue weighted by atomic mass is 32.2. The number of halogens is 1. The van der Waals surface area contributed by atoms with Crippen LogP contribution in [-0.4, -0.2) is 31.4 Å². The largest absolute Gasteiger partial charge is 0.370 e. The van der Waals surface area contributed by atoms with Crippen LogP contribution in [0.5, 0.6) is 0 Å². The van der Waals surface area contributed by atoms with Gasteiger partial charge >= 0.3 is 0 Å². The third kappa shape index (κ3) is 3.43. The van der Waals surface area contributed by atoms with Crippen molar-refractivity contribution in [2.24, 2.45) is 0 Å². The number of thioether (sulfide) groups is 2. The summed E-state index contributed by atoms with van der Waals surface area (Å²) in [6, 6.07) is 6.57. The Bertz CT molecular complexity index is 1220. The Kier molecular flexibility index (Phi) is 4.81. The summed E-state index contributed by atoms with van der Waals surface area (Å²) in [5, 5.41) is 11.8. The Balaban J connectivity index is 1.61. The van der Waals surface area contributed by atoms with E-state index >= 15 is 0 Å². The van der Waals surface area contributed by atoms with Crippen LogP contribution >= 0.6 is 34.9 Å². The molecule has 0 radical (unpaired) electrons. The SMILES string of the molecule is CSc1nc2sc3c(c2c2nnc(SCc4ccc(F)cc4)n12)CC(C)(C)OC3. The van der Waals surface area contributed by atoms with E-state index in [1.165, 1.54) is 22.6 Å². The van der Waals surface area contributed by atoms with Crippen molar-refractivity contribution in [1.29, 1.82) is 0 Å². The van der Waals surface area contributed by atoms with Gasteiger partial charge in [-0.2, -0.15) is 0 Å². The van der Waals surface area contributed by atoms with Gasteiger partial charge < -0.3 is 4.74 Å². The predicted molar refractivity (Wildman–Crippen MR) is 116 cm³/mol. The Morgan fingerprint density at radius 3 is 2.76 bits per heavy atom. The normalized spacial score (nSPS) is 15.9. The molecular weight excluding hydrogens is 427 g/mol. The summed E-state index contributed by atoms with van der Waals surface area (Å²) < 4.78 is 21.2. The lowest BCUT2D eigenvalue weighted by atomic mass is 9.94. The van der Waals surface area contributed by atoms with E-state index in [4.69, 9.17) is 9.72 Å². The minimum absolute atomic E-state index is 0.198. The van der Waals surface area contributed by atoms with E-state index in [1.54, 1.807) is 47.0 Å². The zero-order valence-corrected chi connectivity index (χ0v) is 18.7. The van der Waals surface area contributed by atoms with E-state index in [-0.39, 0.29) is 11.4 Å². The highest BCUT2D eigenvalue weighted by molar-refractivity contribution is 7.99. The van der Waals surface area contributed by atoms with Crippen molar-refractivity contribution >= 4 is 50.7 Å². The molecule has 5 rings (SSSR count). The van der Waals surface area contributed by atoms with Crippen LogP contribution in [0.3, 0.4) is 0 Å². The topological polar surface area (TPSA) is 52.3 Å². The van der Waals surface area contributed by atoms with E-state index < -0.39 is 0 Å². The number of hydrogen-bond donors (Lipinski definition) is 0. The van der Waals surface area contributed by atoms with Crippen molar-refractivity contribution in [1.82, 2.24) is 19.6 Å². The molecule has 5 nitrogen and oxygen atoms in total. The molecule has 4 heterocycles. The lowest BCUT2D eigenvalue weighted by Crippen LogP contribution is -2.31. The van der Waals surface area contributed by atoms with Crippen LogP contribution in [0, 0.1) is 5.82 Å². The second-order valence-corrected chi connectivity index (χ2v) is 10.4. The number of ether oxygens (including phenoxy) is 1. The smallest absolute Gasteiger partial charge is 0.198 e. The number of fused-ring (bicyclic) bond motifs is 5. The molecule has 150 valence electrons. The number of hydrogen-bond acceptors (Lipinski definition) is 7. The van der Waals surface area contributed by atoms with Crippen LogP contribution in [0.2, 0.25) is 0 Å². The predicted octanol–water partition coefficient (Wildman–Crippen LogP) is 5.34. The molecule has 0 fully saturated rings. The number of nitrogens with zero attached hydrogens (tertiary/aromatic N) is 4. The van der Waals surface area contributed by atoms with Crippen molar-refractivity contribution in [3.63, 3.8) is 0 Å². The molecule has 0 amide bonds. The Morgan fingerprint density at radius 1 is 1.21 bits per heavy atom. The van der Waals surface area contributed by atoms with Crippen LogP contribution in [0.25, 0.3) is 15.9 Å². The van der Waals surface area contributed by atoms with Gasteiger partial charge in [-0.15, -0.1) is 21.5 Å². The molecule has 0 atom stereocenters. The number of aromatic nitrogens is 4. The molecule has 0 saturated carbocycles. The second kappa shape index (κ2) is 7.23. The van der Waals surface area contributed by atoms with Gasteiger partial charge in [-0.25, -0.2) is 13.8 Å². The lowest BCUT2D eigenvalue weighted by molar-refractivity contribution is -0.0379. The number of benzene rings is 1. The monoisotopic (exact) mass is 446 g/mol. The molecule has 0 saturated heterocycles. The van der Waals surface area contributed by atoms with Gasteiger partial charge in [-0.1, -0.05) is 35.7 Å². The van der Waals surface area contributed by atoms with Crippen molar-refractivity contribution in [3.05, 3.63) is 46.1 Å². The van der Waals surface area contributed by atoms with E-state index in [2.05, 4.69) is 28.4 Å². The van der Waals surface area contributed by atoms with Gasteiger partial charge in [0.05, 0.1) is 17.6 Å². The van der Waals surface area contributed by atoms with E-state index in [0.717, 1.165) is 38.2 Å². The molecule has 0 aliphatic carbocycles. The van der Waals surface area contributed by atoms with Gasteiger partial charge in [0.1, 0.15) is 10.6 Å². The molecule has 0 bridgehead atoms. The lowest BCUT2D eigenvalue weighted by Gasteiger charge is -2.30. The highest BCUT2D eigenvalue weighted by Gasteiger charge is 2.31. The summed E-state index contributed by atoms with van der Waals surface area (Å²) in [4.78, 5) is 7.15. The van der Waals surface area contributed by atoms with Crippen molar-refractivity contribution in [2.45, 2.75) is 48.5 Å². The maximum atomic E-state index is 13.2. The summed E-state index contributed by atoms with van der Waals surface area (Å²) in [7, 11) is 0. The minimum atomic E-state index is -0.225. The number of rotatable bonds is 4. The molecule has 0 N–H and O–H groups in total. The van der Waals surface area contributed by atoms with Crippen molar-refractivity contribution in [3.8, 4) is 0 Å². The molecule has 1 aliphatic heterocycles. The Morgan fingerprint density at radius 2 is 2.00 bits per heavy atom. The van der Waals surface area contributed by atoms with Gasteiger partial charge in [-0.3, -0.25) is 0 Å². The van der Waals surface area contributed by atoms with Gasteiger partial charge in [0.25, 0.3) is 0 Å². The first-order chi connectivity index (χ1) is 13.9. The van der Waals surface area contributed by atoms with Crippen molar-refractivity contribution in [2.75, 3.05) is 6.26 Å². The Labute approximate surface area is 180 Å². The summed E-state index contributed by atoms with van der Waals surface area (Å²) in [5.74, 6) is 0.465. The molecule has 0 spiro atoms. The fourth-order valence-electron chi connectivity index (χ4n) is 3.55. The first kappa shape index (κ1) is 19.3. The summed E-state index contributed by atoms with van der Waals surface area (Å²) in [5.41, 5.74) is 2.99. The first-order valence-electron chi connectivity index (χ1n) is 9.20. The summed E-state index contributed by atoms with van der Waals surface area (Å²) in [6.07, 6.45) is 2.85. The fourth-order valence-corrected chi connectivity index (χ4v) is 6.19. The molecule has 0 unspecified atom stereocenters. The second-order valence-electron chi connectivity index (χ2n) is 7.56. The average molecular weight is 447 g/mol. The van der Waals surface area contributed by atoms with Gasteiger partial charge in [0.15, 0.2) is 16.0 Å². The third-order valence-electron chi connectivity index (χ3n) is 4.98. The van der Waals surface area contributed by atoms with E-state index in [1.807, 2.05) is 6.26 Å². The molecule has 29 heavy (non-hydrogen) atoms. The summed E-state index contributed by atoms with van der Waals surface area (Å²) in [6.45, 7) is 4.85. The molecule has 1 aromatic carbocycles. The molecule has 3 aromatic heterocycles. The number of thiophene rings is 1. The van der Waals surface area contributed by atoms with Crippen LogP contribution < -0.4 is 0 Å². The zero-order valence-electron chi connectivity index (χ0n) is 16.2. The van der Waals surface area contributed by atoms with Crippen LogP contribution in [0.15, 0.2) is 34.6 Å². The average Bonchev–Trinajstić information content (AvgIpc) is 3.27. The molecule has 4 aromatic rings. The van der Waals surface area contributed by atoms with Crippen molar-refractivity contribution < 1.29 is 9.13 Å². The molecular formula is C20H19FN4OS3. The molecule has 9 heteroatoms. The van der Waals surface area contributed by atoms with Crippen LogP contribution in [-0.2, 0) is 23.5 Å². The highest BCUT2D eigenvalue weighted by Crippen LogP contribution is 2.41. The fraction of sp³-hybridized carbons (Fsp3) is 0.350. The standard InChI is InChI=1S/C20H19FN4OS3/c1-20(2)8-13-14(9-26-20)29-17-15(13)16-23-24-19(25(16)18(22-17)27-3)28-10-11-4-6-12(21)7-5-11/h4-7H,8-10H2,1-3H3. The van der Waals surface area contributed by atoms with E-state index in [0.29, 0.717) is 12.4 Å². The first-order valence-corrected chi connectivity index (χ1v) is 12.2. The minimum Gasteiger partial charge on any atom is -0.370 e. The van der Waals surface area contributed by atoms with Crippen LogP contribution in [0.1, 0.15) is 29.9 Å². The maximum absolute atomic E-state index is 13.2.